The highest BCUT2D eigenvalue weighted by Crippen LogP contribution is 2.20. The zero-order valence-electron chi connectivity index (χ0n) is 11.4. The van der Waals surface area contributed by atoms with Gasteiger partial charge >= 0.3 is 0 Å². The van der Waals surface area contributed by atoms with Gasteiger partial charge < -0.3 is 9.88 Å². The van der Waals surface area contributed by atoms with Gasteiger partial charge in [-0.05, 0) is 5.92 Å². The van der Waals surface area contributed by atoms with Crippen LogP contribution in [0.4, 0.5) is 5.82 Å². The highest BCUT2D eigenvalue weighted by molar-refractivity contribution is 6.40. The number of amides is 1. The van der Waals surface area contributed by atoms with Crippen LogP contribution in [-0.4, -0.2) is 25.2 Å². The van der Waals surface area contributed by atoms with Gasteiger partial charge in [-0.15, -0.1) is 0 Å². The smallest absolute Gasteiger partial charge is 0.245 e. The molecule has 0 fully saturated rings. The number of hydrogen-bond acceptors (Lipinski definition) is 3. The van der Waals surface area contributed by atoms with Gasteiger partial charge in [0.15, 0.2) is 5.15 Å². The zero-order chi connectivity index (χ0) is 14.9. The number of aryl methyl sites for hydroxylation is 1. The fourth-order valence-electron chi connectivity index (χ4n) is 1.68. The summed E-state index contributed by atoms with van der Waals surface area (Å²) < 4.78 is 3.11. The first-order chi connectivity index (χ1) is 9.38. The van der Waals surface area contributed by atoms with Crippen LogP contribution in [0.5, 0.6) is 0 Å². The first-order valence-corrected chi connectivity index (χ1v) is 6.84. The molecular formula is C12H15Cl2N5O. The first-order valence-electron chi connectivity index (χ1n) is 6.08. The van der Waals surface area contributed by atoms with Crippen LogP contribution in [0.15, 0.2) is 12.4 Å². The molecule has 0 aliphatic heterocycles. The van der Waals surface area contributed by atoms with Gasteiger partial charge in [0.05, 0.1) is 12.0 Å². The lowest BCUT2D eigenvalue weighted by atomic mass is 10.1. The fourth-order valence-corrected chi connectivity index (χ4v) is 1.98. The molecule has 1 N–H and O–H groups in total. The second-order valence-corrected chi connectivity index (χ2v) is 5.45. The predicted molar refractivity (Wildman–Crippen MR) is 78.2 cm³/mol. The van der Waals surface area contributed by atoms with Crippen molar-refractivity contribution >= 4 is 34.9 Å². The molecule has 108 valence electrons. The number of carbonyl (C=O) groups excluding carboxylic acids is 1. The number of anilines is 1. The largest absolute Gasteiger partial charge is 0.311 e. The van der Waals surface area contributed by atoms with E-state index in [1.807, 2.05) is 19.9 Å². The third-order valence-electron chi connectivity index (χ3n) is 2.80. The Balaban J connectivity index is 2.06. The van der Waals surface area contributed by atoms with Gasteiger partial charge in [0.1, 0.15) is 17.5 Å². The van der Waals surface area contributed by atoms with Gasteiger partial charge in [-0.1, -0.05) is 37.0 Å². The second kappa shape index (κ2) is 5.85. The maximum absolute atomic E-state index is 12.0. The van der Waals surface area contributed by atoms with Gasteiger partial charge in [-0.25, -0.2) is 4.98 Å². The van der Waals surface area contributed by atoms with E-state index >= 15 is 0 Å². The average Bonchev–Trinajstić information content (AvgIpc) is 2.88. The molecule has 20 heavy (non-hydrogen) atoms. The summed E-state index contributed by atoms with van der Waals surface area (Å²) in [7, 11) is 1.78. The molecule has 8 heteroatoms. The summed E-state index contributed by atoms with van der Waals surface area (Å²) >= 11 is 11.6. The number of aromatic nitrogens is 4. The Morgan fingerprint density at radius 3 is 2.65 bits per heavy atom. The Hall–Kier alpha value is -1.53. The van der Waals surface area contributed by atoms with Crippen LogP contribution < -0.4 is 5.32 Å². The van der Waals surface area contributed by atoms with E-state index in [9.17, 15) is 4.79 Å². The highest BCUT2D eigenvalue weighted by atomic mass is 35.5. The standard InChI is InChI=1S/C12H15Cl2N5O/c1-7(2)8-4-9(18(3)17-8)16-10(20)5-19-6-15-11(13)12(19)14/h4,6-7H,5H2,1-3H3,(H,16,20). The molecule has 0 spiro atoms. The summed E-state index contributed by atoms with van der Waals surface area (Å²) in [5, 5.41) is 7.54. The maximum atomic E-state index is 12.0. The van der Waals surface area contributed by atoms with Crippen molar-refractivity contribution in [3.63, 3.8) is 0 Å². The van der Waals surface area contributed by atoms with Gasteiger partial charge in [0, 0.05) is 13.1 Å². The maximum Gasteiger partial charge on any atom is 0.245 e. The number of nitrogens with zero attached hydrogens (tertiary/aromatic N) is 4. The summed E-state index contributed by atoms with van der Waals surface area (Å²) in [6.07, 6.45) is 1.42. The Morgan fingerprint density at radius 2 is 2.15 bits per heavy atom. The monoisotopic (exact) mass is 315 g/mol. The van der Waals surface area contributed by atoms with Crippen LogP contribution in [0.3, 0.4) is 0 Å². The molecule has 0 atom stereocenters. The third kappa shape index (κ3) is 3.13. The molecule has 0 aliphatic rings. The van der Waals surface area contributed by atoms with Crippen molar-refractivity contribution in [2.24, 2.45) is 7.05 Å². The molecule has 6 nitrogen and oxygen atoms in total. The quantitative estimate of drug-likeness (QED) is 0.943. The van der Waals surface area contributed by atoms with Gasteiger partial charge in [-0.3, -0.25) is 9.48 Å². The topological polar surface area (TPSA) is 64.7 Å². The SMILES string of the molecule is CC(C)c1cc(NC(=O)Cn2cnc(Cl)c2Cl)n(C)n1. The van der Waals surface area contributed by atoms with Crippen molar-refractivity contribution in [1.29, 1.82) is 0 Å². The molecule has 0 bridgehead atoms. The van der Waals surface area contributed by atoms with E-state index in [2.05, 4.69) is 15.4 Å². The summed E-state index contributed by atoms with van der Waals surface area (Å²) in [5.41, 5.74) is 0.923. The van der Waals surface area contributed by atoms with Gasteiger partial charge in [-0.2, -0.15) is 5.10 Å². The van der Waals surface area contributed by atoms with E-state index in [0.29, 0.717) is 11.7 Å². The number of imidazole rings is 1. The summed E-state index contributed by atoms with van der Waals surface area (Å²) in [5.74, 6) is 0.717. The molecule has 0 unspecified atom stereocenters. The van der Waals surface area contributed by atoms with Crippen LogP contribution in [0.25, 0.3) is 0 Å². The Labute approximate surface area is 126 Å². The second-order valence-electron chi connectivity index (χ2n) is 4.74. The lowest BCUT2D eigenvalue weighted by molar-refractivity contribution is -0.116. The third-order valence-corrected chi connectivity index (χ3v) is 3.57. The van der Waals surface area contributed by atoms with Crippen molar-refractivity contribution in [1.82, 2.24) is 19.3 Å². The first kappa shape index (κ1) is 14.9. The number of nitrogens with one attached hydrogen (secondary N) is 1. The summed E-state index contributed by atoms with van der Waals surface area (Å²) in [4.78, 5) is 15.8. The van der Waals surface area contributed by atoms with Crippen LogP contribution in [0, 0.1) is 0 Å². The van der Waals surface area contributed by atoms with Crippen molar-refractivity contribution in [2.75, 3.05) is 5.32 Å². The molecule has 2 heterocycles. The fraction of sp³-hybridized carbons (Fsp3) is 0.417. The summed E-state index contributed by atoms with van der Waals surface area (Å²) in [6.45, 7) is 4.13. The van der Waals surface area contributed by atoms with Crippen molar-refractivity contribution in [3.8, 4) is 0 Å². The molecule has 1 amide bonds. The summed E-state index contributed by atoms with van der Waals surface area (Å²) in [6, 6.07) is 1.85. The van der Waals surface area contributed by atoms with E-state index in [1.54, 1.807) is 11.7 Å². The Kier molecular flexibility index (Phi) is 4.35. The van der Waals surface area contributed by atoms with E-state index in [-0.39, 0.29) is 22.8 Å². The number of rotatable bonds is 4. The molecule has 0 aliphatic carbocycles. The van der Waals surface area contributed by atoms with E-state index in [4.69, 9.17) is 23.2 Å². The molecule has 0 saturated heterocycles. The Morgan fingerprint density at radius 1 is 1.45 bits per heavy atom. The molecule has 0 saturated carbocycles. The number of halogens is 2. The predicted octanol–water partition coefficient (Wildman–Crippen LogP) is 2.69. The number of carbonyl (C=O) groups is 1. The van der Waals surface area contributed by atoms with Gasteiger partial charge in [0.2, 0.25) is 5.91 Å². The lowest BCUT2D eigenvalue weighted by Gasteiger charge is -2.06. The molecule has 0 aromatic carbocycles. The van der Waals surface area contributed by atoms with Crippen molar-refractivity contribution in [2.45, 2.75) is 26.3 Å². The molecule has 0 radical (unpaired) electrons. The molecule has 2 aromatic heterocycles. The molecule has 2 aromatic rings. The minimum Gasteiger partial charge on any atom is -0.311 e. The Bertz CT molecular complexity index is 632. The molecular weight excluding hydrogens is 301 g/mol. The lowest BCUT2D eigenvalue weighted by Crippen LogP contribution is -2.20. The van der Waals surface area contributed by atoms with Crippen molar-refractivity contribution < 1.29 is 4.79 Å². The van der Waals surface area contributed by atoms with Crippen LogP contribution in [-0.2, 0) is 18.4 Å². The highest BCUT2D eigenvalue weighted by Gasteiger charge is 2.13. The minimum absolute atomic E-state index is 0.0424. The van der Waals surface area contributed by atoms with E-state index in [0.717, 1.165) is 5.69 Å². The van der Waals surface area contributed by atoms with E-state index in [1.165, 1.54) is 10.9 Å². The van der Waals surface area contributed by atoms with E-state index < -0.39 is 0 Å². The van der Waals surface area contributed by atoms with Crippen LogP contribution >= 0.6 is 23.2 Å². The normalized spacial score (nSPS) is 11.1. The molecule has 2 rings (SSSR count). The number of hydrogen-bond donors (Lipinski definition) is 1. The zero-order valence-corrected chi connectivity index (χ0v) is 12.9. The van der Waals surface area contributed by atoms with Crippen LogP contribution in [0.2, 0.25) is 10.3 Å². The van der Waals surface area contributed by atoms with Crippen LogP contribution in [0.1, 0.15) is 25.5 Å². The minimum atomic E-state index is -0.223. The van der Waals surface area contributed by atoms with Gasteiger partial charge in [0.25, 0.3) is 0 Å². The average molecular weight is 316 g/mol. The van der Waals surface area contributed by atoms with Crippen molar-refractivity contribution in [3.05, 3.63) is 28.4 Å².